The third kappa shape index (κ3) is 3.80. The van der Waals surface area contributed by atoms with Gasteiger partial charge in [0.2, 0.25) is 10.0 Å². The molecule has 0 aromatic carbocycles. The van der Waals surface area contributed by atoms with Gasteiger partial charge in [-0.15, -0.1) is 11.3 Å². The van der Waals surface area contributed by atoms with Gasteiger partial charge in [-0.1, -0.05) is 32.3 Å². The quantitative estimate of drug-likeness (QED) is 0.876. The summed E-state index contributed by atoms with van der Waals surface area (Å²) in [4.78, 5) is 1.34. The molecule has 3 nitrogen and oxygen atoms in total. The minimum atomic E-state index is -3.11. The van der Waals surface area contributed by atoms with Crippen molar-refractivity contribution in [3.8, 4) is 0 Å². The minimum Gasteiger partial charge on any atom is -0.214 e. The topological polar surface area (TPSA) is 46.2 Å². The summed E-state index contributed by atoms with van der Waals surface area (Å²) < 4.78 is 26.6. The van der Waals surface area contributed by atoms with E-state index in [1.165, 1.54) is 24.1 Å². The zero-order chi connectivity index (χ0) is 13.8. The molecule has 0 spiro atoms. The fourth-order valence-corrected chi connectivity index (χ4v) is 5.07. The van der Waals surface area contributed by atoms with Crippen LogP contribution in [-0.4, -0.2) is 20.7 Å². The van der Waals surface area contributed by atoms with E-state index in [1.807, 2.05) is 6.92 Å². The summed E-state index contributed by atoms with van der Waals surface area (Å²) in [5, 5.41) is 2.09. The standard InChI is InChI=1S/C14H23NO2S2/c1-2-11-19(16,17)15-12-14(8-4-3-5-9-14)13-7-6-10-18-13/h6-7,10,15H,2-5,8-9,11-12H2,1H3. The largest absolute Gasteiger partial charge is 0.214 e. The normalized spacial score (nSPS) is 19.4. The smallest absolute Gasteiger partial charge is 0.211 e. The monoisotopic (exact) mass is 301 g/mol. The number of sulfonamides is 1. The highest BCUT2D eigenvalue weighted by Gasteiger charge is 2.35. The molecule has 2 rings (SSSR count). The van der Waals surface area contributed by atoms with E-state index < -0.39 is 10.0 Å². The van der Waals surface area contributed by atoms with Crippen molar-refractivity contribution in [2.75, 3.05) is 12.3 Å². The Hall–Kier alpha value is -0.390. The summed E-state index contributed by atoms with van der Waals surface area (Å²) in [6.07, 6.45) is 6.54. The molecule has 1 aliphatic carbocycles. The molecule has 1 N–H and O–H groups in total. The Labute approximate surface area is 120 Å². The van der Waals surface area contributed by atoms with E-state index in [2.05, 4.69) is 22.2 Å². The summed E-state index contributed by atoms with van der Waals surface area (Å²) in [5.41, 5.74) is 0.0349. The van der Waals surface area contributed by atoms with Crippen LogP contribution in [-0.2, 0) is 15.4 Å². The Morgan fingerprint density at radius 1 is 1.32 bits per heavy atom. The lowest BCUT2D eigenvalue weighted by atomic mass is 9.73. The number of thiophene rings is 1. The first-order chi connectivity index (χ1) is 9.08. The van der Waals surface area contributed by atoms with Crippen molar-refractivity contribution < 1.29 is 8.42 Å². The molecule has 1 aliphatic rings. The Morgan fingerprint density at radius 2 is 2.05 bits per heavy atom. The average Bonchev–Trinajstić information content (AvgIpc) is 2.92. The summed E-state index contributed by atoms with van der Waals surface area (Å²) >= 11 is 1.76. The molecule has 0 atom stereocenters. The molecule has 0 bridgehead atoms. The number of hydrogen-bond donors (Lipinski definition) is 1. The van der Waals surface area contributed by atoms with Crippen LogP contribution < -0.4 is 4.72 Å². The molecule has 19 heavy (non-hydrogen) atoms. The number of nitrogens with one attached hydrogen (secondary N) is 1. The molecule has 1 saturated carbocycles. The lowest BCUT2D eigenvalue weighted by Gasteiger charge is -2.36. The van der Waals surface area contributed by atoms with Crippen LogP contribution in [0.2, 0.25) is 0 Å². The molecule has 0 amide bonds. The van der Waals surface area contributed by atoms with Crippen molar-refractivity contribution in [1.82, 2.24) is 4.72 Å². The molecule has 108 valence electrons. The zero-order valence-electron chi connectivity index (χ0n) is 11.5. The summed E-state index contributed by atoms with van der Waals surface area (Å²) in [5.74, 6) is 0.230. The Bertz CT molecular complexity index is 474. The molecular weight excluding hydrogens is 278 g/mol. The maximum atomic E-state index is 11.9. The summed E-state index contributed by atoms with van der Waals surface area (Å²) in [7, 11) is -3.11. The van der Waals surface area contributed by atoms with E-state index in [4.69, 9.17) is 0 Å². The molecule has 0 unspecified atom stereocenters. The van der Waals surface area contributed by atoms with Crippen LogP contribution in [0.4, 0.5) is 0 Å². The maximum absolute atomic E-state index is 11.9. The van der Waals surface area contributed by atoms with Gasteiger partial charge in [0.1, 0.15) is 0 Å². The van der Waals surface area contributed by atoms with Crippen LogP contribution in [0.25, 0.3) is 0 Å². The molecule has 5 heteroatoms. The second-order valence-corrected chi connectivity index (χ2v) is 8.33. The van der Waals surface area contributed by atoms with E-state index in [0.29, 0.717) is 13.0 Å². The van der Waals surface area contributed by atoms with Gasteiger partial charge in [0.25, 0.3) is 0 Å². The highest BCUT2D eigenvalue weighted by molar-refractivity contribution is 7.89. The van der Waals surface area contributed by atoms with Crippen molar-refractivity contribution in [3.05, 3.63) is 22.4 Å². The van der Waals surface area contributed by atoms with Crippen molar-refractivity contribution in [2.24, 2.45) is 0 Å². The molecule has 1 fully saturated rings. The SMILES string of the molecule is CCCS(=O)(=O)NCC1(c2cccs2)CCCCC1. The van der Waals surface area contributed by atoms with Crippen molar-refractivity contribution >= 4 is 21.4 Å². The van der Waals surface area contributed by atoms with Crippen LogP contribution in [0.5, 0.6) is 0 Å². The fraction of sp³-hybridized carbons (Fsp3) is 0.714. The van der Waals surface area contributed by atoms with E-state index >= 15 is 0 Å². The van der Waals surface area contributed by atoms with E-state index in [1.54, 1.807) is 11.3 Å². The molecule has 1 aromatic heterocycles. The van der Waals surface area contributed by atoms with E-state index in [-0.39, 0.29) is 11.2 Å². The van der Waals surface area contributed by atoms with Gasteiger partial charge >= 0.3 is 0 Å². The van der Waals surface area contributed by atoms with Crippen LogP contribution in [0.3, 0.4) is 0 Å². The predicted molar refractivity (Wildman–Crippen MR) is 81.2 cm³/mol. The van der Waals surface area contributed by atoms with Gasteiger partial charge in [-0.05, 0) is 30.7 Å². The highest BCUT2D eigenvalue weighted by atomic mass is 32.2. The van der Waals surface area contributed by atoms with Crippen molar-refractivity contribution in [1.29, 1.82) is 0 Å². The van der Waals surface area contributed by atoms with Crippen LogP contribution in [0, 0.1) is 0 Å². The summed E-state index contributed by atoms with van der Waals surface area (Å²) in [6.45, 7) is 2.46. The average molecular weight is 301 g/mol. The molecule has 0 aliphatic heterocycles. The molecule has 0 saturated heterocycles. The van der Waals surface area contributed by atoms with Crippen molar-refractivity contribution in [2.45, 2.75) is 50.9 Å². The number of rotatable bonds is 6. The third-order valence-electron chi connectivity index (χ3n) is 3.96. The lowest BCUT2D eigenvalue weighted by molar-refractivity contribution is 0.298. The van der Waals surface area contributed by atoms with Crippen LogP contribution in [0.15, 0.2) is 17.5 Å². The van der Waals surface area contributed by atoms with Crippen LogP contribution >= 0.6 is 11.3 Å². The molecule has 0 radical (unpaired) electrons. The second kappa shape index (κ2) is 6.37. The van der Waals surface area contributed by atoms with E-state index in [9.17, 15) is 8.42 Å². The third-order valence-corrected chi connectivity index (χ3v) is 6.60. The molecular formula is C14H23NO2S2. The minimum absolute atomic E-state index is 0.0349. The predicted octanol–water partition coefficient (Wildman–Crippen LogP) is 3.28. The zero-order valence-corrected chi connectivity index (χ0v) is 13.2. The van der Waals surface area contributed by atoms with Gasteiger partial charge in [0, 0.05) is 16.8 Å². The molecule has 1 aromatic rings. The highest BCUT2D eigenvalue weighted by Crippen LogP contribution is 2.41. The first-order valence-corrected chi connectivity index (χ1v) is 9.62. The van der Waals surface area contributed by atoms with Gasteiger partial charge in [-0.2, -0.15) is 0 Å². The van der Waals surface area contributed by atoms with E-state index in [0.717, 1.165) is 12.8 Å². The second-order valence-electron chi connectivity index (χ2n) is 5.46. The van der Waals surface area contributed by atoms with Crippen molar-refractivity contribution in [3.63, 3.8) is 0 Å². The number of hydrogen-bond acceptors (Lipinski definition) is 3. The first kappa shape index (κ1) is 15.0. The Balaban J connectivity index is 2.11. The first-order valence-electron chi connectivity index (χ1n) is 7.09. The van der Waals surface area contributed by atoms with Gasteiger partial charge in [-0.25, -0.2) is 13.1 Å². The molecule has 1 heterocycles. The van der Waals surface area contributed by atoms with Gasteiger partial charge in [0.05, 0.1) is 5.75 Å². The van der Waals surface area contributed by atoms with Gasteiger partial charge in [-0.3, -0.25) is 0 Å². The Morgan fingerprint density at radius 3 is 2.63 bits per heavy atom. The fourth-order valence-electron chi connectivity index (χ4n) is 2.91. The van der Waals surface area contributed by atoms with Gasteiger partial charge < -0.3 is 0 Å². The summed E-state index contributed by atoms with van der Waals surface area (Å²) in [6, 6.07) is 4.22. The lowest BCUT2D eigenvalue weighted by Crippen LogP contribution is -2.42. The Kier molecular flexibility index (Phi) is 5.03. The van der Waals surface area contributed by atoms with Crippen LogP contribution in [0.1, 0.15) is 50.3 Å². The van der Waals surface area contributed by atoms with Gasteiger partial charge in [0.15, 0.2) is 0 Å². The maximum Gasteiger partial charge on any atom is 0.211 e.